The van der Waals surface area contributed by atoms with Crippen LogP contribution in [0.15, 0.2) is 42.5 Å². The van der Waals surface area contributed by atoms with Crippen LogP contribution in [0.2, 0.25) is 0 Å². The van der Waals surface area contributed by atoms with Crippen molar-refractivity contribution in [2.24, 2.45) is 5.92 Å². The standard InChI is InChI=1S/C19H25NO3/c1-20(12-18(22)15-9-10-15)11-16(21)13-23-19-8-4-6-14-5-2-3-7-17(14)19/h2-8,15-16,18,21-22H,9-13H2,1H3. The fraction of sp³-hybridized carbons (Fsp3) is 0.474. The highest BCUT2D eigenvalue weighted by Gasteiger charge is 2.30. The molecule has 0 amide bonds. The van der Waals surface area contributed by atoms with Crippen molar-refractivity contribution in [1.82, 2.24) is 4.90 Å². The smallest absolute Gasteiger partial charge is 0.127 e. The molecule has 0 heterocycles. The summed E-state index contributed by atoms with van der Waals surface area (Å²) in [5.74, 6) is 1.25. The van der Waals surface area contributed by atoms with Crippen molar-refractivity contribution in [3.63, 3.8) is 0 Å². The topological polar surface area (TPSA) is 52.9 Å². The molecule has 2 N–H and O–H groups in total. The summed E-state index contributed by atoms with van der Waals surface area (Å²) in [5.41, 5.74) is 0. The SMILES string of the molecule is CN(CC(O)COc1cccc2ccccc12)CC(O)C1CC1. The van der Waals surface area contributed by atoms with Crippen LogP contribution in [0.3, 0.4) is 0 Å². The molecule has 4 heteroatoms. The van der Waals surface area contributed by atoms with Crippen molar-refractivity contribution in [3.8, 4) is 5.75 Å². The first-order chi connectivity index (χ1) is 11.1. The monoisotopic (exact) mass is 315 g/mol. The van der Waals surface area contributed by atoms with Crippen LogP contribution in [0.1, 0.15) is 12.8 Å². The molecule has 1 aliphatic carbocycles. The number of hydrogen-bond donors (Lipinski definition) is 2. The maximum Gasteiger partial charge on any atom is 0.127 e. The molecule has 4 nitrogen and oxygen atoms in total. The van der Waals surface area contributed by atoms with Crippen molar-refractivity contribution >= 4 is 10.8 Å². The van der Waals surface area contributed by atoms with Crippen molar-refractivity contribution in [1.29, 1.82) is 0 Å². The number of ether oxygens (including phenoxy) is 1. The molecule has 0 radical (unpaired) electrons. The molecular weight excluding hydrogens is 290 g/mol. The van der Waals surface area contributed by atoms with Crippen molar-refractivity contribution < 1.29 is 14.9 Å². The van der Waals surface area contributed by atoms with Gasteiger partial charge >= 0.3 is 0 Å². The second kappa shape index (κ2) is 7.30. The van der Waals surface area contributed by atoms with Crippen LogP contribution < -0.4 is 4.74 Å². The maximum absolute atomic E-state index is 10.2. The summed E-state index contributed by atoms with van der Waals surface area (Å²) < 4.78 is 5.81. The van der Waals surface area contributed by atoms with E-state index in [2.05, 4.69) is 0 Å². The summed E-state index contributed by atoms with van der Waals surface area (Å²) in [6.07, 6.45) is 1.40. The fourth-order valence-electron chi connectivity index (χ4n) is 2.94. The number of nitrogens with zero attached hydrogens (tertiary/aromatic N) is 1. The second-order valence-electron chi connectivity index (χ2n) is 6.57. The van der Waals surface area contributed by atoms with Gasteiger partial charge in [0.25, 0.3) is 0 Å². The number of fused-ring (bicyclic) bond motifs is 1. The highest BCUT2D eigenvalue weighted by Crippen LogP contribution is 2.32. The zero-order valence-electron chi connectivity index (χ0n) is 13.6. The van der Waals surface area contributed by atoms with Gasteiger partial charge in [0.05, 0.1) is 6.10 Å². The van der Waals surface area contributed by atoms with E-state index in [0.717, 1.165) is 29.4 Å². The second-order valence-corrected chi connectivity index (χ2v) is 6.57. The molecule has 0 aliphatic heterocycles. The lowest BCUT2D eigenvalue weighted by Gasteiger charge is -2.23. The van der Waals surface area contributed by atoms with E-state index in [-0.39, 0.29) is 12.7 Å². The first kappa shape index (κ1) is 16.2. The minimum absolute atomic E-state index is 0.248. The number of hydrogen-bond acceptors (Lipinski definition) is 4. The summed E-state index contributed by atoms with van der Waals surface area (Å²) in [4.78, 5) is 1.97. The molecule has 1 aliphatic rings. The molecule has 2 aromatic carbocycles. The minimum Gasteiger partial charge on any atom is -0.490 e. The summed E-state index contributed by atoms with van der Waals surface area (Å²) in [6, 6.07) is 14.0. The lowest BCUT2D eigenvalue weighted by molar-refractivity contribution is 0.0512. The van der Waals surface area contributed by atoms with E-state index in [1.807, 2.05) is 54.4 Å². The number of aliphatic hydroxyl groups is 2. The Hall–Kier alpha value is -1.62. The molecule has 0 saturated heterocycles. The van der Waals surface area contributed by atoms with Gasteiger partial charge in [-0.1, -0.05) is 36.4 Å². The molecule has 124 valence electrons. The average Bonchev–Trinajstić information content (AvgIpc) is 3.37. The quantitative estimate of drug-likeness (QED) is 0.785. The number of rotatable bonds is 8. The normalized spacial score (nSPS) is 17.4. The predicted octanol–water partition coefficient (Wildman–Crippen LogP) is 2.28. The van der Waals surface area contributed by atoms with Gasteiger partial charge in [0.15, 0.2) is 0 Å². The van der Waals surface area contributed by atoms with E-state index in [0.29, 0.717) is 19.0 Å². The Labute approximate surface area is 137 Å². The van der Waals surface area contributed by atoms with E-state index in [9.17, 15) is 10.2 Å². The summed E-state index contributed by atoms with van der Waals surface area (Å²) in [6.45, 7) is 1.35. The van der Waals surface area contributed by atoms with Crippen LogP contribution in [-0.2, 0) is 0 Å². The van der Waals surface area contributed by atoms with Gasteiger partial charge in [-0.15, -0.1) is 0 Å². The minimum atomic E-state index is -0.578. The summed E-state index contributed by atoms with van der Waals surface area (Å²) in [5, 5.41) is 22.3. The molecule has 0 bridgehead atoms. The zero-order valence-corrected chi connectivity index (χ0v) is 13.6. The van der Waals surface area contributed by atoms with Gasteiger partial charge in [-0.2, -0.15) is 0 Å². The molecule has 2 unspecified atom stereocenters. The van der Waals surface area contributed by atoms with Gasteiger partial charge in [0.2, 0.25) is 0 Å². The van der Waals surface area contributed by atoms with Gasteiger partial charge in [0.1, 0.15) is 18.5 Å². The number of likely N-dealkylation sites (N-methyl/N-ethyl adjacent to an activating group) is 1. The van der Waals surface area contributed by atoms with E-state index < -0.39 is 6.10 Å². The van der Waals surface area contributed by atoms with Crippen LogP contribution in [0.25, 0.3) is 10.8 Å². The van der Waals surface area contributed by atoms with Gasteiger partial charge < -0.3 is 19.8 Å². The lowest BCUT2D eigenvalue weighted by Crippen LogP contribution is -2.38. The number of aliphatic hydroxyl groups excluding tert-OH is 2. The molecule has 2 aromatic rings. The molecule has 0 aromatic heterocycles. The maximum atomic E-state index is 10.2. The van der Waals surface area contributed by atoms with Crippen molar-refractivity contribution in [2.75, 3.05) is 26.7 Å². The summed E-state index contributed by atoms with van der Waals surface area (Å²) in [7, 11) is 1.92. The van der Waals surface area contributed by atoms with Crippen LogP contribution in [0, 0.1) is 5.92 Å². The van der Waals surface area contributed by atoms with Crippen LogP contribution >= 0.6 is 0 Å². The molecule has 3 rings (SSSR count). The zero-order chi connectivity index (χ0) is 16.2. The molecule has 1 fully saturated rings. The Balaban J connectivity index is 1.50. The average molecular weight is 315 g/mol. The molecule has 0 spiro atoms. The van der Waals surface area contributed by atoms with Gasteiger partial charge in [0, 0.05) is 18.5 Å². The van der Waals surface area contributed by atoms with E-state index in [4.69, 9.17) is 4.74 Å². The highest BCUT2D eigenvalue weighted by molar-refractivity contribution is 5.88. The van der Waals surface area contributed by atoms with Crippen molar-refractivity contribution in [2.45, 2.75) is 25.0 Å². The predicted molar refractivity (Wildman–Crippen MR) is 91.7 cm³/mol. The van der Waals surface area contributed by atoms with E-state index in [1.54, 1.807) is 0 Å². The Morgan fingerprint density at radius 1 is 1.09 bits per heavy atom. The highest BCUT2D eigenvalue weighted by atomic mass is 16.5. The summed E-state index contributed by atoms with van der Waals surface area (Å²) >= 11 is 0. The van der Waals surface area contributed by atoms with Crippen LogP contribution in [0.5, 0.6) is 5.75 Å². The van der Waals surface area contributed by atoms with Gasteiger partial charge in [-0.05, 0) is 37.3 Å². The fourth-order valence-corrected chi connectivity index (χ4v) is 2.94. The van der Waals surface area contributed by atoms with Gasteiger partial charge in [-0.25, -0.2) is 0 Å². The Morgan fingerprint density at radius 3 is 2.61 bits per heavy atom. The first-order valence-electron chi connectivity index (χ1n) is 8.28. The largest absolute Gasteiger partial charge is 0.490 e. The third kappa shape index (κ3) is 4.44. The third-order valence-corrected chi connectivity index (χ3v) is 4.37. The number of benzene rings is 2. The molecular formula is C19H25NO3. The Kier molecular flexibility index (Phi) is 5.16. The molecule has 1 saturated carbocycles. The lowest BCUT2D eigenvalue weighted by atomic mass is 10.1. The molecule has 23 heavy (non-hydrogen) atoms. The van der Waals surface area contributed by atoms with Crippen molar-refractivity contribution in [3.05, 3.63) is 42.5 Å². The Morgan fingerprint density at radius 2 is 1.83 bits per heavy atom. The van der Waals surface area contributed by atoms with E-state index in [1.165, 1.54) is 0 Å². The van der Waals surface area contributed by atoms with E-state index >= 15 is 0 Å². The Bertz CT molecular complexity index is 636. The first-order valence-corrected chi connectivity index (χ1v) is 8.28. The third-order valence-electron chi connectivity index (χ3n) is 4.37. The molecule has 2 atom stereocenters. The van der Waals surface area contributed by atoms with Gasteiger partial charge in [-0.3, -0.25) is 0 Å². The van der Waals surface area contributed by atoms with Crippen LogP contribution in [0.4, 0.5) is 0 Å². The van der Waals surface area contributed by atoms with Crippen LogP contribution in [-0.4, -0.2) is 54.1 Å².